The third kappa shape index (κ3) is 5.34. The van der Waals surface area contributed by atoms with Crippen LogP contribution in [0.3, 0.4) is 0 Å². The van der Waals surface area contributed by atoms with Crippen molar-refractivity contribution >= 4 is 39.3 Å². The van der Waals surface area contributed by atoms with E-state index in [1.165, 1.54) is 31.1 Å². The van der Waals surface area contributed by atoms with E-state index in [1.54, 1.807) is 42.5 Å². The maximum Gasteiger partial charge on any atom is 0.261 e. The second-order valence-electron chi connectivity index (χ2n) is 6.62. The number of carbonyl (C=O) groups excluding carboxylic acids is 1. The van der Waals surface area contributed by atoms with Crippen LogP contribution in [0.4, 0.5) is 5.69 Å². The lowest BCUT2D eigenvalue weighted by atomic mass is 10.2. The zero-order chi connectivity index (χ0) is 19.4. The van der Waals surface area contributed by atoms with Crippen LogP contribution in [-0.4, -0.2) is 20.4 Å². The second-order valence-corrected chi connectivity index (χ2v) is 8.71. The molecule has 27 heavy (non-hydrogen) atoms. The van der Waals surface area contributed by atoms with E-state index in [1.807, 2.05) is 6.92 Å². The Morgan fingerprint density at radius 3 is 2.44 bits per heavy atom. The molecule has 1 aliphatic rings. The molecule has 3 rings (SSSR count). The zero-order valence-electron chi connectivity index (χ0n) is 14.9. The summed E-state index contributed by atoms with van der Waals surface area (Å²) < 4.78 is 27.4. The Hall–Kier alpha value is -2.31. The van der Waals surface area contributed by atoms with E-state index in [4.69, 9.17) is 11.6 Å². The molecule has 0 spiro atoms. The average molecular weight is 405 g/mol. The molecule has 5 nitrogen and oxygen atoms in total. The summed E-state index contributed by atoms with van der Waals surface area (Å²) in [6.45, 7) is 2.01. The molecule has 1 fully saturated rings. The summed E-state index contributed by atoms with van der Waals surface area (Å²) in [7, 11) is -3.74. The maximum atomic E-state index is 12.5. The fourth-order valence-corrected chi connectivity index (χ4v) is 3.98. The van der Waals surface area contributed by atoms with Crippen LogP contribution >= 0.6 is 11.6 Å². The topological polar surface area (TPSA) is 75.3 Å². The van der Waals surface area contributed by atoms with Gasteiger partial charge in [0.25, 0.3) is 10.0 Å². The molecule has 7 heteroatoms. The van der Waals surface area contributed by atoms with E-state index in [-0.39, 0.29) is 16.8 Å². The van der Waals surface area contributed by atoms with E-state index in [0.29, 0.717) is 16.6 Å². The van der Waals surface area contributed by atoms with Crippen LogP contribution in [0.25, 0.3) is 6.08 Å². The molecule has 1 unspecified atom stereocenters. The van der Waals surface area contributed by atoms with E-state index in [0.717, 1.165) is 5.56 Å². The molecule has 1 amide bonds. The average Bonchev–Trinajstić information content (AvgIpc) is 3.47. The summed E-state index contributed by atoms with van der Waals surface area (Å²) in [5.41, 5.74) is 1.06. The highest BCUT2D eigenvalue weighted by Gasteiger charge is 2.28. The minimum Gasteiger partial charge on any atom is -0.350 e. The molecular formula is C20H21ClN2O3S. The van der Waals surface area contributed by atoms with Gasteiger partial charge in [-0.2, -0.15) is 0 Å². The van der Waals surface area contributed by atoms with E-state index in [2.05, 4.69) is 10.0 Å². The first-order valence-electron chi connectivity index (χ1n) is 8.71. The van der Waals surface area contributed by atoms with Crippen LogP contribution in [0.5, 0.6) is 0 Å². The highest BCUT2D eigenvalue weighted by molar-refractivity contribution is 7.92. The van der Waals surface area contributed by atoms with Crippen molar-refractivity contribution in [3.63, 3.8) is 0 Å². The quantitative estimate of drug-likeness (QED) is 0.683. The molecule has 1 aliphatic carbocycles. The predicted molar refractivity (Wildman–Crippen MR) is 108 cm³/mol. The summed E-state index contributed by atoms with van der Waals surface area (Å²) in [5, 5.41) is 3.26. The van der Waals surface area contributed by atoms with Crippen molar-refractivity contribution in [3.8, 4) is 0 Å². The van der Waals surface area contributed by atoms with Crippen molar-refractivity contribution in [1.29, 1.82) is 0 Å². The molecule has 1 saturated carbocycles. The molecule has 2 aromatic carbocycles. The first kappa shape index (κ1) is 19.5. The van der Waals surface area contributed by atoms with Gasteiger partial charge >= 0.3 is 0 Å². The molecule has 0 heterocycles. The summed E-state index contributed by atoms with van der Waals surface area (Å²) in [4.78, 5) is 12.0. The summed E-state index contributed by atoms with van der Waals surface area (Å²) in [5.74, 6) is 0.448. The highest BCUT2D eigenvalue weighted by atomic mass is 35.5. The van der Waals surface area contributed by atoms with Crippen molar-refractivity contribution in [2.24, 2.45) is 5.92 Å². The zero-order valence-corrected chi connectivity index (χ0v) is 16.4. The normalized spacial score (nSPS) is 15.5. The van der Waals surface area contributed by atoms with Crippen molar-refractivity contribution in [2.75, 3.05) is 4.72 Å². The first-order valence-corrected chi connectivity index (χ1v) is 10.6. The number of sulfonamides is 1. The lowest BCUT2D eigenvalue weighted by Gasteiger charge is -2.10. The molecule has 0 saturated heterocycles. The number of hydrogen-bond donors (Lipinski definition) is 2. The van der Waals surface area contributed by atoms with Crippen LogP contribution < -0.4 is 10.0 Å². The smallest absolute Gasteiger partial charge is 0.261 e. The number of carbonyl (C=O) groups is 1. The van der Waals surface area contributed by atoms with Gasteiger partial charge in [0, 0.05) is 12.1 Å². The Balaban J connectivity index is 1.64. The fourth-order valence-electron chi connectivity index (χ4n) is 2.66. The van der Waals surface area contributed by atoms with Crippen molar-refractivity contribution < 1.29 is 13.2 Å². The van der Waals surface area contributed by atoms with Gasteiger partial charge in [0.15, 0.2) is 0 Å². The Bertz CT molecular complexity index is 951. The Labute approximate surface area is 164 Å². The summed E-state index contributed by atoms with van der Waals surface area (Å²) in [6.07, 6.45) is 5.46. The summed E-state index contributed by atoms with van der Waals surface area (Å²) in [6, 6.07) is 13.1. The lowest BCUT2D eigenvalue weighted by molar-refractivity contribution is -0.117. The van der Waals surface area contributed by atoms with E-state index >= 15 is 0 Å². The molecule has 0 aliphatic heterocycles. The largest absolute Gasteiger partial charge is 0.350 e. The number of para-hydroxylation sites is 1. The van der Waals surface area contributed by atoms with Gasteiger partial charge in [-0.1, -0.05) is 35.9 Å². The first-order chi connectivity index (χ1) is 12.8. The maximum absolute atomic E-state index is 12.5. The Morgan fingerprint density at radius 2 is 1.81 bits per heavy atom. The third-order valence-corrected chi connectivity index (χ3v) is 6.15. The number of nitrogens with one attached hydrogen (secondary N) is 2. The molecule has 142 valence electrons. The number of benzene rings is 2. The molecule has 0 radical (unpaired) electrons. The number of amides is 1. The van der Waals surface area contributed by atoms with Crippen molar-refractivity contribution in [1.82, 2.24) is 5.32 Å². The Morgan fingerprint density at radius 1 is 1.15 bits per heavy atom. The number of halogens is 1. The van der Waals surface area contributed by atoms with Gasteiger partial charge < -0.3 is 5.32 Å². The molecule has 0 bridgehead atoms. The standard InChI is InChI=1S/C20H21ClN2O3S/c1-14(16-9-10-16)22-20(24)13-8-15-6-11-17(12-7-15)27(25,26)23-19-5-3-2-4-18(19)21/h2-8,11-14,16,23H,9-10H2,1H3,(H,22,24)/b13-8+. The van der Waals surface area contributed by atoms with Crippen LogP contribution in [0.1, 0.15) is 25.3 Å². The van der Waals surface area contributed by atoms with E-state index < -0.39 is 10.0 Å². The van der Waals surface area contributed by atoms with Gasteiger partial charge in [0.1, 0.15) is 0 Å². The van der Waals surface area contributed by atoms with Crippen molar-refractivity contribution in [3.05, 3.63) is 65.2 Å². The highest BCUT2D eigenvalue weighted by Crippen LogP contribution is 2.32. The number of hydrogen-bond acceptors (Lipinski definition) is 3. The predicted octanol–water partition coefficient (Wildman–Crippen LogP) is 4.07. The Kier molecular flexibility index (Phi) is 5.87. The number of rotatable bonds is 7. The van der Waals surface area contributed by atoms with Gasteiger partial charge in [0.05, 0.1) is 15.6 Å². The molecule has 0 aromatic heterocycles. The van der Waals surface area contributed by atoms with Gasteiger partial charge in [-0.3, -0.25) is 9.52 Å². The molecule has 1 atom stereocenters. The van der Waals surface area contributed by atoms with Gasteiger partial charge in [-0.25, -0.2) is 8.42 Å². The van der Waals surface area contributed by atoms with Gasteiger partial charge in [0.2, 0.25) is 5.91 Å². The minimum atomic E-state index is -3.74. The van der Waals surface area contributed by atoms with Crippen LogP contribution in [0.2, 0.25) is 5.02 Å². The van der Waals surface area contributed by atoms with Crippen LogP contribution in [0, 0.1) is 5.92 Å². The van der Waals surface area contributed by atoms with Crippen LogP contribution in [0.15, 0.2) is 59.5 Å². The molecular weight excluding hydrogens is 384 g/mol. The lowest BCUT2D eigenvalue weighted by Crippen LogP contribution is -2.32. The van der Waals surface area contributed by atoms with Gasteiger partial charge in [-0.15, -0.1) is 0 Å². The van der Waals surface area contributed by atoms with Crippen molar-refractivity contribution in [2.45, 2.75) is 30.7 Å². The third-order valence-electron chi connectivity index (χ3n) is 4.43. The summed E-state index contributed by atoms with van der Waals surface area (Å²) >= 11 is 6.00. The second kappa shape index (κ2) is 8.15. The van der Waals surface area contributed by atoms with Gasteiger partial charge in [-0.05, 0) is 61.6 Å². The van der Waals surface area contributed by atoms with E-state index in [9.17, 15) is 13.2 Å². The monoisotopic (exact) mass is 404 g/mol. The molecule has 2 aromatic rings. The van der Waals surface area contributed by atoms with Crippen LogP contribution in [-0.2, 0) is 14.8 Å². The molecule has 2 N–H and O–H groups in total. The fraction of sp³-hybridized carbons (Fsp3) is 0.250. The number of anilines is 1. The SMILES string of the molecule is CC(NC(=O)/C=C/c1ccc(S(=O)(=O)Nc2ccccc2Cl)cc1)C1CC1. The minimum absolute atomic E-state index is 0.117.